The van der Waals surface area contributed by atoms with Crippen LogP contribution in [0.1, 0.15) is 47.0 Å². The molecule has 0 amide bonds. The number of esters is 1. The Labute approximate surface area is 111 Å². The lowest BCUT2D eigenvalue weighted by Gasteiger charge is -2.05. The van der Waals surface area contributed by atoms with Crippen LogP contribution in [0, 0.1) is 5.92 Å². The first-order chi connectivity index (χ1) is 8.47. The van der Waals surface area contributed by atoms with E-state index in [4.69, 9.17) is 0 Å². The van der Waals surface area contributed by atoms with Gasteiger partial charge in [-0.3, -0.25) is 0 Å². The van der Waals surface area contributed by atoms with E-state index in [1.807, 2.05) is 6.08 Å². The molecule has 0 rings (SSSR count). The molecule has 0 N–H and O–H groups in total. The zero-order valence-corrected chi connectivity index (χ0v) is 12.3. The molecular weight excluding hydrogens is 224 g/mol. The molecular formula is C16H26O2. The van der Waals surface area contributed by atoms with E-state index in [0.29, 0.717) is 11.5 Å². The van der Waals surface area contributed by atoms with Gasteiger partial charge in [0.15, 0.2) is 0 Å². The van der Waals surface area contributed by atoms with Crippen LogP contribution < -0.4 is 0 Å². The third-order valence-electron chi connectivity index (χ3n) is 2.74. The topological polar surface area (TPSA) is 26.3 Å². The number of methoxy groups -OCH3 is 1. The first-order valence-electron chi connectivity index (χ1n) is 6.52. The molecule has 0 aromatic carbocycles. The van der Waals surface area contributed by atoms with Gasteiger partial charge in [-0.05, 0) is 46.0 Å². The number of carbonyl (C=O) groups excluding carboxylic acids is 1. The lowest BCUT2D eigenvalue weighted by molar-refractivity contribution is -0.136. The Morgan fingerprint density at radius 1 is 1.28 bits per heavy atom. The zero-order chi connectivity index (χ0) is 14.0. The SMILES string of the molecule is COC(=O)/C(C)=C/C=C/CC(C)CCC=C(C)C. The third kappa shape index (κ3) is 8.80. The molecule has 0 spiro atoms. The van der Waals surface area contributed by atoms with Gasteiger partial charge < -0.3 is 4.74 Å². The molecule has 0 aromatic heterocycles. The fourth-order valence-electron chi connectivity index (χ4n) is 1.53. The Morgan fingerprint density at radius 2 is 1.94 bits per heavy atom. The van der Waals surface area contributed by atoms with Crippen molar-refractivity contribution in [2.75, 3.05) is 7.11 Å². The van der Waals surface area contributed by atoms with Crippen LogP contribution in [0.15, 0.2) is 35.5 Å². The summed E-state index contributed by atoms with van der Waals surface area (Å²) in [5, 5.41) is 0. The highest BCUT2D eigenvalue weighted by molar-refractivity contribution is 5.87. The highest BCUT2D eigenvalue weighted by atomic mass is 16.5. The largest absolute Gasteiger partial charge is 0.466 e. The molecule has 1 unspecified atom stereocenters. The number of ether oxygens (including phenoxy) is 1. The van der Waals surface area contributed by atoms with Gasteiger partial charge in [-0.1, -0.05) is 36.8 Å². The molecule has 2 nitrogen and oxygen atoms in total. The summed E-state index contributed by atoms with van der Waals surface area (Å²) in [6.45, 7) is 8.27. The lowest BCUT2D eigenvalue weighted by Crippen LogP contribution is -2.00. The van der Waals surface area contributed by atoms with Crippen molar-refractivity contribution >= 4 is 5.97 Å². The van der Waals surface area contributed by atoms with E-state index in [0.717, 1.165) is 12.8 Å². The van der Waals surface area contributed by atoms with Gasteiger partial charge in [0.1, 0.15) is 0 Å². The number of hydrogen-bond acceptors (Lipinski definition) is 2. The molecule has 0 aliphatic heterocycles. The summed E-state index contributed by atoms with van der Waals surface area (Å²) in [4.78, 5) is 11.1. The quantitative estimate of drug-likeness (QED) is 0.289. The highest BCUT2D eigenvalue weighted by Crippen LogP contribution is 2.12. The number of carbonyl (C=O) groups is 1. The molecule has 0 bridgehead atoms. The molecule has 18 heavy (non-hydrogen) atoms. The molecule has 0 saturated carbocycles. The molecule has 1 atom stereocenters. The molecule has 0 aliphatic carbocycles. The highest BCUT2D eigenvalue weighted by Gasteiger charge is 2.00. The van der Waals surface area contributed by atoms with Crippen LogP contribution in [0.4, 0.5) is 0 Å². The Bertz CT molecular complexity index is 331. The van der Waals surface area contributed by atoms with Crippen molar-refractivity contribution in [1.82, 2.24) is 0 Å². The van der Waals surface area contributed by atoms with Gasteiger partial charge in [-0.25, -0.2) is 4.79 Å². The van der Waals surface area contributed by atoms with Gasteiger partial charge in [0.05, 0.1) is 7.11 Å². The second kappa shape index (κ2) is 9.69. The minimum Gasteiger partial charge on any atom is -0.466 e. The summed E-state index contributed by atoms with van der Waals surface area (Å²) in [6, 6.07) is 0. The fourth-order valence-corrected chi connectivity index (χ4v) is 1.53. The molecule has 102 valence electrons. The number of hydrogen-bond donors (Lipinski definition) is 0. The van der Waals surface area contributed by atoms with E-state index >= 15 is 0 Å². The van der Waals surface area contributed by atoms with E-state index in [1.54, 1.807) is 13.0 Å². The maximum absolute atomic E-state index is 11.1. The van der Waals surface area contributed by atoms with E-state index in [1.165, 1.54) is 19.1 Å². The van der Waals surface area contributed by atoms with Crippen LogP contribution in [-0.4, -0.2) is 13.1 Å². The van der Waals surface area contributed by atoms with Crippen molar-refractivity contribution in [3.63, 3.8) is 0 Å². The lowest BCUT2D eigenvalue weighted by atomic mass is 10.0. The second-order valence-electron chi connectivity index (χ2n) is 4.97. The number of rotatable bonds is 7. The summed E-state index contributed by atoms with van der Waals surface area (Å²) in [6.07, 6.45) is 11.5. The van der Waals surface area contributed by atoms with Crippen LogP contribution in [0.2, 0.25) is 0 Å². The number of allylic oxidation sites excluding steroid dienone is 5. The van der Waals surface area contributed by atoms with Gasteiger partial charge in [0.2, 0.25) is 0 Å². The third-order valence-corrected chi connectivity index (χ3v) is 2.74. The Morgan fingerprint density at radius 3 is 2.50 bits per heavy atom. The van der Waals surface area contributed by atoms with E-state index in [-0.39, 0.29) is 5.97 Å². The molecule has 0 heterocycles. The first kappa shape index (κ1) is 16.7. The smallest absolute Gasteiger partial charge is 0.333 e. The van der Waals surface area contributed by atoms with Crippen molar-refractivity contribution in [2.24, 2.45) is 5.92 Å². The van der Waals surface area contributed by atoms with E-state index < -0.39 is 0 Å². The minimum atomic E-state index is -0.267. The average molecular weight is 250 g/mol. The van der Waals surface area contributed by atoms with Crippen molar-refractivity contribution < 1.29 is 9.53 Å². The van der Waals surface area contributed by atoms with Gasteiger partial charge in [-0.2, -0.15) is 0 Å². The Hall–Kier alpha value is -1.31. The zero-order valence-electron chi connectivity index (χ0n) is 12.3. The summed E-state index contributed by atoms with van der Waals surface area (Å²) in [5.41, 5.74) is 2.01. The standard InChI is InChI=1S/C16H26O2/c1-13(2)9-8-11-14(3)10-6-7-12-15(4)16(17)18-5/h6-7,9,12,14H,8,10-11H2,1-5H3/b7-6+,15-12+. The van der Waals surface area contributed by atoms with Crippen LogP contribution in [-0.2, 0) is 9.53 Å². The normalized spacial score (nSPS) is 13.5. The van der Waals surface area contributed by atoms with E-state index in [2.05, 4.69) is 37.7 Å². The van der Waals surface area contributed by atoms with Crippen LogP contribution >= 0.6 is 0 Å². The van der Waals surface area contributed by atoms with Crippen molar-refractivity contribution in [2.45, 2.75) is 47.0 Å². The summed E-state index contributed by atoms with van der Waals surface area (Å²) in [5.74, 6) is 0.403. The first-order valence-corrected chi connectivity index (χ1v) is 6.52. The van der Waals surface area contributed by atoms with Gasteiger partial charge in [0, 0.05) is 5.57 Å². The Kier molecular flexibility index (Phi) is 8.99. The van der Waals surface area contributed by atoms with Gasteiger partial charge in [0.25, 0.3) is 0 Å². The van der Waals surface area contributed by atoms with Crippen molar-refractivity contribution in [3.8, 4) is 0 Å². The molecule has 2 heteroatoms. The predicted molar refractivity (Wildman–Crippen MR) is 77.4 cm³/mol. The van der Waals surface area contributed by atoms with Crippen molar-refractivity contribution in [3.05, 3.63) is 35.5 Å². The maximum atomic E-state index is 11.1. The van der Waals surface area contributed by atoms with Crippen LogP contribution in [0.3, 0.4) is 0 Å². The predicted octanol–water partition coefficient (Wildman–Crippen LogP) is 4.43. The monoisotopic (exact) mass is 250 g/mol. The van der Waals surface area contributed by atoms with Crippen LogP contribution in [0.5, 0.6) is 0 Å². The molecule has 0 fully saturated rings. The Balaban J connectivity index is 3.95. The van der Waals surface area contributed by atoms with Crippen LogP contribution in [0.25, 0.3) is 0 Å². The molecule has 0 aliphatic rings. The van der Waals surface area contributed by atoms with Gasteiger partial charge in [-0.15, -0.1) is 0 Å². The average Bonchev–Trinajstić information content (AvgIpc) is 2.32. The fraction of sp³-hybridized carbons (Fsp3) is 0.562. The van der Waals surface area contributed by atoms with Gasteiger partial charge >= 0.3 is 5.97 Å². The summed E-state index contributed by atoms with van der Waals surface area (Å²) >= 11 is 0. The summed E-state index contributed by atoms with van der Waals surface area (Å²) < 4.78 is 4.62. The summed E-state index contributed by atoms with van der Waals surface area (Å²) in [7, 11) is 1.40. The molecule has 0 saturated heterocycles. The van der Waals surface area contributed by atoms with E-state index in [9.17, 15) is 4.79 Å². The molecule has 0 aromatic rings. The molecule has 0 radical (unpaired) electrons. The maximum Gasteiger partial charge on any atom is 0.333 e. The second-order valence-corrected chi connectivity index (χ2v) is 4.97. The minimum absolute atomic E-state index is 0.267. The van der Waals surface area contributed by atoms with Crippen molar-refractivity contribution in [1.29, 1.82) is 0 Å².